The summed E-state index contributed by atoms with van der Waals surface area (Å²) in [6, 6.07) is 2.55. The van der Waals surface area contributed by atoms with E-state index in [1.807, 2.05) is 0 Å². The predicted molar refractivity (Wildman–Crippen MR) is 64.3 cm³/mol. The molecule has 0 heterocycles. The van der Waals surface area contributed by atoms with Crippen molar-refractivity contribution in [3.05, 3.63) is 28.5 Å². The van der Waals surface area contributed by atoms with Crippen LogP contribution in [-0.4, -0.2) is 11.7 Å². The molecule has 0 aliphatic rings. The molecule has 4 nitrogen and oxygen atoms in total. The zero-order valence-corrected chi connectivity index (χ0v) is 10.3. The fourth-order valence-corrected chi connectivity index (χ4v) is 1.70. The zero-order valence-electron chi connectivity index (χ0n) is 9.59. The van der Waals surface area contributed by atoms with Gasteiger partial charge in [0, 0.05) is 12.1 Å². The number of primary amides is 1. The first-order valence-electron chi connectivity index (χ1n) is 4.93. The summed E-state index contributed by atoms with van der Waals surface area (Å²) < 4.78 is 18.2. The summed E-state index contributed by atoms with van der Waals surface area (Å²) in [5, 5.41) is -0.0418. The minimum Gasteiger partial charge on any atom is -0.443 e. The van der Waals surface area contributed by atoms with E-state index in [2.05, 4.69) is 0 Å². The monoisotopic (exact) mass is 260 g/mol. The van der Waals surface area contributed by atoms with E-state index in [9.17, 15) is 9.18 Å². The average molecular weight is 261 g/mol. The third-order valence-corrected chi connectivity index (χ3v) is 2.46. The molecule has 0 spiro atoms. The molecule has 0 bridgehead atoms. The molecule has 1 rings (SSSR count). The van der Waals surface area contributed by atoms with Crippen LogP contribution in [0.1, 0.15) is 19.4 Å². The van der Waals surface area contributed by atoms with Crippen LogP contribution >= 0.6 is 11.6 Å². The topological polar surface area (TPSA) is 78.3 Å². The summed E-state index contributed by atoms with van der Waals surface area (Å²) in [7, 11) is 0. The van der Waals surface area contributed by atoms with Gasteiger partial charge in [0.25, 0.3) is 0 Å². The Morgan fingerprint density at radius 1 is 1.53 bits per heavy atom. The quantitative estimate of drug-likeness (QED) is 0.820. The van der Waals surface area contributed by atoms with Crippen LogP contribution in [0.2, 0.25) is 5.02 Å². The number of ether oxygens (including phenoxy) is 1. The lowest BCUT2D eigenvalue weighted by Crippen LogP contribution is -2.33. The van der Waals surface area contributed by atoms with Gasteiger partial charge in [-0.05, 0) is 31.5 Å². The van der Waals surface area contributed by atoms with E-state index in [1.165, 1.54) is 12.1 Å². The maximum absolute atomic E-state index is 13.3. The molecule has 0 fully saturated rings. The maximum atomic E-state index is 13.3. The van der Waals surface area contributed by atoms with Gasteiger partial charge >= 0.3 is 6.09 Å². The molecular formula is C11H14ClFN2O2. The Kier molecular flexibility index (Phi) is 3.83. The van der Waals surface area contributed by atoms with Crippen molar-refractivity contribution in [2.45, 2.75) is 25.9 Å². The van der Waals surface area contributed by atoms with E-state index in [0.717, 1.165) is 0 Å². The molecule has 4 N–H and O–H groups in total. The van der Waals surface area contributed by atoms with Gasteiger partial charge in [-0.3, -0.25) is 0 Å². The van der Waals surface area contributed by atoms with E-state index < -0.39 is 17.5 Å². The third kappa shape index (κ3) is 3.78. The van der Waals surface area contributed by atoms with E-state index in [4.69, 9.17) is 27.8 Å². The normalized spacial score (nSPS) is 11.3. The molecule has 0 aliphatic carbocycles. The Balaban J connectivity index is 2.95. The van der Waals surface area contributed by atoms with Gasteiger partial charge in [-0.15, -0.1) is 0 Å². The SMILES string of the molecule is CC(C)(Cc1cc(F)c(Cl)cc1N)OC(N)=O. The summed E-state index contributed by atoms with van der Waals surface area (Å²) in [6.07, 6.45) is -0.640. The first-order valence-corrected chi connectivity index (χ1v) is 5.31. The number of anilines is 1. The highest BCUT2D eigenvalue weighted by molar-refractivity contribution is 6.31. The number of hydrogen-bond donors (Lipinski definition) is 2. The van der Waals surface area contributed by atoms with Gasteiger partial charge in [-0.1, -0.05) is 11.6 Å². The third-order valence-electron chi connectivity index (χ3n) is 2.18. The molecule has 0 atom stereocenters. The number of hydrogen-bond acceptors (Lipinski definition) is 3. The van der Waals surface area contributed by atoms with Crippen molar-refractivity contribution in [3.63, 3.8) is 0 Å². The Morgan fingerprint density at radius 2 is 2.12 bits per heavy atom. The number of nitrogens with two attached hydrogens (primary N) is 2. The van der Waals surface area contributed by atoms with Crippen LogP contribution in [0.3, 0.4) is 0 Å². The van der Waals surface area contributed by atoms with E-state index in [0.29, 0.717) is 11.3 Å². The Morgan fingerprint density at radius 3 is 2.65 bits per heavy atom. The van der Waals surface area contributed by atoms with Gasteiger partial charge in [0.15, 0.2) is 0 Å². The molecule has 1 aromatic rings. The van der Waals surface area contributed by atoms with Gasteiger partial charge < -0.3 is 16.2 Å². The fourth-order valence-electron chi connectivity index (χ4n) is 1.52. The zero-order chi connectivity index (χ0) is 13.2. The van der Waals surface area contributed by atoms with Gasteiger partial charge in [0.2, 0.25) is 0 Å². The summed E-state index contributed by atoms with van der Waals surface area (Å²) in [5.74, 6) is -0.564. The van der Waals surface area contributed by atoms with Gasteiger partial charge in [0.1, 0.15) is 11.4 Å². The summed E-state index contributed by atoms with van der Waals surface area (Å²) in [5.41, 5.74) is 10.6. The van der Waals surface area contributed by atoms with Crippen molar-refractivity contribution in [2.24, 2.45) is 5.73 Å². The average Bonchev–Trinajstić information content (AvgIpc) is 2.11. The van der Waals surface area contributed by atoms with Crippen LogP contribution in [0, 0.1) is 5.82 Å². The van der Waals surface area contributed by atoms with Crippen molar-refractivity contribution in [1.29, 1.82) is 0 Å². The fraction of sp³-hybridized carbons (Fsp3) is 0.364. The predicted octanol–water partition coefficient (Wildman–Crippen LogP) is 2.48. The van der Waals surface area contributed by atoms with E-state index in [1.54, 1.807) is 13.8 Å². The standard InChI is InChI=1S/C11H14ClFN2O2/c1-11(2,17-10(15)16)5-6-3-8(13)7(12)4-9(6)14/h3-4H,5,14H2,1-2H3,(H2,15,16). The molecule has 6 heteroatoms. The second-order valence-corrected chi connectivity index (χ2v) is 4.73. The van der Waals surface area contributed by atoms with E-state index in [-0.39, 0.29) is 11.4 Å². The second-order valence-electron chi connectivity index (χ2n) is 4.32. The van der Waals surface area contributed by atoms with Crippen LogP contribution in [-0.2, 0) is 11.2 Å². The van der Waals surface area contributed by atoms with Gasteiger partial charge in [-0.2, -0.15) is 0 Å². The minimum absolute atomic E-state index is 0.0418. The lowest BCUT2D eigenvalue weighted by atomic mass is 9.97. The Labute approximate surface area is 104 Å². The summed E-state index contributed by atoms with van der Waals surface area (Å²) >= 11 is 5.58. The van der Waals surface area contributed by atoms with Crippen molar-refractivity contribution in [2.75, 3.05) is 5.73 Å². The van der Waals surface area contributed by atoms with Crippen molar-refractivity contribution >= 4 is 23.4 Å². The smallest absolute Gasteiger partial charge is 0.405 e. The number of benzene rings is 1. The number of rotatable bonds is 3. The molecule has 1 aromatic carbocycles. The molecule has 17 heavy (non-hydrogen) atoms. The Hall–Kier alpha value is -1.49. The summed E-state index contributed by atoms with van der Waals surface area (Å²) in [4.78, 5) is 10.7. The van der Waals surface area contributed by atoms with Crippen molar-refractivity contribution in [1.82, 2.24) is 0 Å². The highest BCUT2D eigenvalue weighted by Crippen LogP contribution is 2.26. The number of nitrogen functional groups attached to an aromatic ring is 1. The Bertz CT molecular complexity index is 449. The second kappa shape index (κ2) is 4.79. The van der Waals surface area contributed by atoms with Crippen molar-refractivity contribution < 1.29 is 13.9 Å². The lowest BCUT2D eigenvalue weighted by Gasteiger charge is -2.24. The molecule has 0 radical (unpaired) electrons. The minimum atomic E-state index is -0.886. The van der Waals surface area contributed by atoms with Crippen LogP contribution in [0.4, 0.5) is 14.9 Å². The number of carbonyl (C=O) groups is 1. The van der Waals surface area contributed by atoms with Crippen molar-refractivity contribution in [3.8, 4) is 0 Å². The molecule has 0 aliphatic heterocycles. The van der Waals surface area contributed by atoms with Crippen LogP contribution in [0.15, 0.2) is 12.1 Å². The number of halogens is 2. The molecular weight excluding hydrogens is 247 g/mol. The summed E-state index contributed by atoms with van der Waals surface area (Å²) in [6.45, 7) is 3.31. The lowest BCUT2D eigenvalue weighted by molar-refractivity contribution is 0.0461. The molecule has 0 aromatic heterocycles. The first kappa shape index (κ1) is 13.6. The molecule has 1 amide bonds. The largest absolute Gasteiger partial charge is 0.443 e. The number of carbonyl (C=O) groups excluding carboxylic acids is 1. The maximum Gasteiger partial charge on any atom is 0.405 e. The number of amides is 1. The van der Waals surface area contributed by atoms with Gasteiger partial charge in [-0.25, -0.2) is 9.18 Å². The highest BCUT2D eigenvalue weighted by Gasteiger charge is 2.24. The van der Waals surface area contributed by atoms with Crippen LogP contribution in [0.5, 0.6) is 0 Å². The van der Waals surface area contributed by atoms with E-state index >= 15 is 0 Å². The molecule has 0 unspecified atom stereocenters. The molecule has 0 saturated heterocycles. The first-order chi connectivity index (χ1) is 7.71. The van der Waals surface area contributed by atoms with Gasteiger partial charge in [0.05, 0.1) is 5.02 Å². The van der Waals surface area contributed by atoms with Crippen LogP contribution in [0.25, 0.3) is 0 Å². The highest BCUT2D eigenvalue weighted by atomic mass is 35.5. The van der Waals surface area contributed by atoms with Crippen LogP contribution < -0.4 is 11.5 Å². The molecule has 0 saturated carbocycles. The molecule has 94 valence electrons.